The van der Waals surface area contributed by atoms with Gasteiger partial charge in [0.15, 0.2) is 10.8 Å². The van der Waals surface area contributed by atoms with Crippen molar-refractivity contribution in [2.45, 2.75) is 38.3 Å². The highest BCUT2D eigenvalue weighted by atomic mass is 32.2. The van der Waals surface area contributed by atoms with E-state index in [-0.39, 0.29) is 5.41 Å². The van der Waals surface area contributed by atoms with Crippen LogP contribution >= 0.6 is 11.8 Å². The molecular formula is C23H25N3OS. The van der Waals surface area contributed by atoms with Crippen LogP contribution in [-0.4, -0.2) is 27.0 Å². The summed E-state index contributed by atoms with van der Waals surface area (Å²) < 4.78 is 8.04. The van der Waals surface area contributed by atoms with Gasteiger partial charge in [-0.2, -0.15) is 0 Å². The van der Waals surface area contributed by atoms with Crippen molar-refractivity contribution in [3.8, 4) is 5.75 Å². The molecule has 0 aliphatic carbocycles. The van der Waals surface area contributed by atoms with Gasteiger partial charge in [-0.05, 0) is 47.7 Å². The number of benzene rings is 2. The molecule has 0 radical (unpaired) electrons. The molecular weight excluding hydrogens is 366 g/mol. The molecule has 4 nitrogen and oxygen atoms in total. The maximum atomic E-state index is 5.91. The van der Waals surface area contributed by atoms with Crippen molar-refractivity contribution in [3.05, 3.63) is 65.7 Å². The number of para-hydroxylation sites is 1. The zero-order valence-corrected chi connectivity index (χ0v) is 17.6. The average Bonchev–Trinajstić information content (AvgIpc) is 3.08. The number of nitrogens with zero attached hydrogens (tertiary/aromatic N) is 3. The van der Waals surface area contributed by atoms with Crippen LogP contribution in [0.25, 0.3) is 16.6 Å². The number of aromatic nitrogens is 3. The molecule has 0 saturated heterocycles. The molecule has 0 aliphatic heterocycles. The fourth-order valence-corrected chi connectivity index (χ4v) is 4.08. The number of hydrogen-bond acceptors (Lipinski definition) is 4. The number of hydrogen-bond donors (Lipinski definition) is 0. The van der Waals surface area contributed by atoms with E-state index < -0.39 is 0 Å². The normalized spacial score (nSPS) is 12.0. The molecule has 0 aliphatic rings. The fourth-order valence-electron chi connectivity index (χ4n) is 3.31. The van der Waals surface area contributed by atoms with Crippen LogP contribution in [0.1, 0.15) is 31.9 Å². The first-order valence-corrected chi connectivity index (χ1v) is 10.5. The maximum Gasteiger partial charge on any atom is 0.196 e. The van der Waals surface area contributed by atoms with Gasteiger partial charge in [0, 0.05) is 11.1 Å². The van der Waals surface area contributed by atoms with Crippen LogP contribution in [0.2, 0.25) is 0 Å². The Bertz CT molecular complexity index is 1110. The zero-order valence-electron chi connectivity index (χ0n) is 16.8. The van der Waals surface area contributed by atoms with E-state index in [1.165, 1.54) is 16.5 Å². The minimum Gasteiger partial charge on any atom is -0.493 e. The minimum absolute atomic E-state index is 0.157. The molecule has 144 valence electrons. The number of fused-ring (bicyclic) bond motifs is 3. The van der Waals surface area contributed by atoms with E-state index in [4.69, 9.17) is 4.74 Å². The Hall–Kier alpha value is -2.53. The largest absolute Gasteiger partial charge is 0.493 e. The zero-order chi connectivity index (χ0) is 19.7. The van der Waals surface area contributed by atoms with Crippen LogP contribution in [0.4, 0.5) is 0 Å². The molecule has 0 bridgehead atoms. The third-order valence-electron chi connectivity index (χ3n) is 4.88. The molecule has 4 rings (SSSR count). The standard InChI is InChI=1S/C23H25N3OS/c1-16-15-21-24-25-22(26(21)20-8-6-5-7-19(16)20)28-14-13-27-18-11-9-17(10-12-18)23(2,3)4/h5-12,15H,13-14H2,1-4H3. The van der Waals surface area contributed by atoms with Crippen molar-refractivity contribution in [2.75, 3.05) is 12.4 Å². The highest BCUT2D eigenvalue weighted by Gasteiger charge is 2.13. The topological polar surface area (TPSA) is 39.4 Å². The Labute approximate surface area is 169 Å². The van der Waals surface area contributed by atoms with Crippen molar-refractivity contribution in [2.24, 2.45) is 0 Å². The van der Waals surface area contributed by atoms with Crippen LogP contribution in [0, 0.1) is 6.92 Å². The predicted molar refractivity (Wildman–Crippen MR) is 117 cm³/mol. The summed E-state index contributed by atoms with van der Waals surface area (Å²) in [7, 11) is 0. The van der Waals surface area contributed by atoms with Crippen molar-refractivity contribution in [3.63, 3.8) is 0 Å². The van der Waals surface area contributed by atoms with Gasteiger partial charge in [-0.25, -0.2) is 0 Å². The van der Waals surface area contributed by atoms with Gasteiger partial charge < -0.3 is 4.74 Å². The van der Waals surface area contributed by atoms with Crippen molar-refractivity contribution in [1.82, 2.24) is 14.6 Å². The second-order valence-corrected chi connectivity index (χ2v) is 9.05. The van der Waals surface area contributed by atoms with Gasteiger partial charge in [-0.3, -0.25) is 4.40 Å². The third kappa shape index (κ3) is 3.72. The predicted octanol–water partition coefficient (Wildman–Crippen LogP) is 5.66. The second kappa shape index (κ2) is 7.47. The maximum absolute atomic E-state index is 5.91. The Morgan fingerprint density at radius 2 is 1.75 bits per heavy atom. The van der Waals surface area contributed by atoms with Crippen LogP contribution < -0.4 is 4.74 Å². The van der Waals surface area contributed by atoms with E-state index in [1.54, 1.807) is 11.8 Å². The number of aryl methyl sites for hydroxylation is 1. The second-order valence-electron chi connectivity index (χ2n) is 7.99. The lowest BCUT2D eigenvalue weighted by Gasteiger charge is -2.19. The van der Waals surface area contributed by atoms with E-state index in [0.717, 1.165) is 27.8 Å². The van der Waals surface area contributed by atoms with Crippen LogP contribution in [0.5, 0.6) is 5.75 Å². The van der Waals surface area contributed by atoms with Gasteiger partial charge in [-0.15, -0.1) is 10.2 Å². The number of thioether (sulfide) groups is 1. The minimum atomic E-state index is 0.157. The Kier molecular flexibility index (Phi) is 5.02. The summed E-state index contributed by atoms with van der Waals surface area (Å²) in [6.07, 6.45) is 0. The molecule has 4 aromatic rings. The summed E-state index contributed by atoms with van der Waals surface area (Å²) in [5.74, 6) is 1.71. The molecule has 2 heterocycles. The molecule has 0 spiro atoms. The van der Waals surface area contributed by atoms with Crippen molar-refractivity contribution >= 4 is 28.3 Å². The molecule has 0 unspecified atom stereocenters. The summed E-state index contributed by atoms with van der Waals surface area (Å²) in [6, 6.07) is 18.9. The van der Waals surface area contributed by atoms with Gasteiger partial charge in [0.1, 0.15) is 5.75 Å². The first kappa shape index (κ1) is 18.8. The van der Waals surface area contributed by atoms with E-state index in [0.29, 0.717) is 6.61 Å². The molecule has 0 amide bonds. The van der Waals surface area contributed by atoms with E-state index in [2.05, 4.69) is 84.8 Å². The lowest BCUT2D eigenvalue weighted by Crippen LogP contribution is -2.10. The van der Waals surface area contributed by atoms with Gasteiger partial charge in [0.2, 0.25) is 0 Å². The van der Waals surface area contributed by atoms with Crippen LogP contribution in [0.3, 0.4) is 0 Å². The monoisotopic (exact) mass is 391 g/mol. The number of pyridine rings is 1. The van der Waals surface area contributed by atoms with Gasteiger partial charge in [0.25, 0.3) is 0 Å². The third-order valence-corrected chi connectivity index (χ3v) is 5.77. The SMILES string of the molecule is Cc1cc2nnc(SCCOc3ccc(C(C)(C)C)cc3)n2c2ccccc12. The Balaban J connectivity index is 1.44. The summed E-state index contributed by atoms with van der Waals surface area (Å²) in [4.78, 5) is 0. The first-order chi connectivity index (χ1) is 13.4. The fraction of sp³-hybridized carbons (Fsp3) is 0.304. The highest BCUT2D eigenvalue weighted by Crippen LogP contribution is 2.26. The molecule has 5 heteroatoms. The lowest BCUT2D eigenvalue weighted by molar-refractivity contribution is 0.343. The molecule has 2 aromatic carbocycles. The van der Waals surface area contributed by atoms with E-state index >= 15 is 0 Å². The smallest absolute Gasteiger partial charge is 0.196 e. The molecule has 0 fully saturated rings. The van der Waals surface area contributed by atoms with Crippen molar-refractivity contribution < 1.29 is 4.74 Å². The summed E-state index contributed by atoms with van der Waals surface area (Å²) >= 11 is 1.67. The van der Waals surface area contributed by atoms with Crippen molar-refractivity contribution in [1.29, 1.82) is 0 Å². The summed E-state index contributed by atoms with van der Waals surface area (Å²) in [6.45, 7) is 9.38. The summed E-state index contributed by atoms with van der Waals surface area (Å²) in [5, 5.41) is 10.9. The molecule has 0 saturated carbocycles. The first-order valence-electron chi connectivity index (χ1n) is 9.53. The lowest BCUT2D eigenvalue weighted by atomic mass is 9.87. The molecule has 0 N–H and O–H groups in total. The number of rotatable bonds is 5. The van der Waals surface area contributed by atoms with E-state index in [1.807, 2.05) is 12.1 Å². The molecule has 28 heavy (non-hydrogen) atoms. The van der Waals surface area contributed by atoms with Gasteiger partial charge in [0.05, 0.1) is 12.1 Å². The Morgan fingerprint density at radius 1 is 1.00 bits per heavy atom. The Morgan fingerprint density at radius 3 is 2.50 bits per heavy atom. The molecule has 2 aromatic heterocycles. The molecule has 0 atom stereocenters. The van der Waals surface area contributed by atoms with Gasteiger partial charge >= 0.3 is 0 Å². The summed E-state index contributed by atoms with van der Waals surface area (Å²) in [5.41, 5.74) is 4.71. The highest BCUT2D eigenvalue weighted by molar-refractivity contribution is 7.99. The average molecular weight is 392 g/mol. The number of ether oxygens (including phenoxy) is 1. The van der Waals surface area contributed by atoms with Crippen LogP contribution in [0.15, 0.2) is 59.8 Å². The van der Waals surface area contributed by atoms with Crippen LogP contribution in [-0.2, 0) is 5.41 Å². The van der Waals surface area contributed by atoms with E-state index in [9.17, 15) is 0 Å². The quantitative estimate of drug-likeness (QED) is 0.325. The van der Waals surface area contributed by atoms with Gasteiger partial charge in [-0.1, -0.05) is 62.9 Å².